The molecule has 0 bridgehead atoms. The minimum Gasteiger partial charge on any atom is -0.478 e. The van der Waals surface area contributed by atoms with E-state index in [2.05, 4.69) is 34.5 Å². The molecule has 0 spiro atoms. The molecular weight excluding hydrogens is 480 g/mol. The minimum atomic E-state index is -1.26. The lowest BCUT2D eigenvalue weighted by Crippen LogP contribution is -2.41. The van der Waals surface area contributed by atoms with Gasteiger partial charge in [-0.15, -0.1) is 6.58 Å². The van der Waals surface area contributed by atoms with E-state index in [-0.39, 0.29) is 12.0 Å². The van der Waals surface area contributed by atoms with Crippen LogP contribution in [0.3, 0.4) is 0 Å². The number of rotatable bonds is 10. The molecule has 2 N–H and O–H groups in total. The number of amides is 1. The Labute approximate surface area is 197 Å². The van der Waals surface area contributed by atoms with Gasteiger partial charge in [-0.05, 0) is 50.6 Å². The van der Waals surface area contributed by atoms with Gasteiger partial charge in [-0.2, -0.15) is 0 Å². The smallest absolute Gasteiger partial charge is 0.328 e. The molecule has 0 aliphatic carbocycles. The fraction of sp³-hybridized carbons (Fsp3) is 0.435. The van der Waals surface area contributed by atoms with Crippen molar-refractivity contribution in [1.29, 1.82) is 0 Å². The van der Waals surface area contributed by atoms with Gasteiger partial charge in [0.05, 0.1) is 6.10 Å². The molecule has 1 saturated heterocycles. The molecule has 0 radical (unpaired) electrons. The Morgan fingerprint density at radius 2 is 1.72 bits per heavy atom. The normalized spacial score (nSPS) is 14.2. The SMILES string of the molecule is C=CCN(C)CCCOC1CCN(C(=O)c2ccc(Br)cc2)CC1.O=C(O)C=CC(=O)O. The molecule has 1 amide bonds. The lowest BCUT2D eigenvalue weighted by atomic mass is 10.1. The van der Waals surface area contributed by atoms with Gasteiger partial charge in [0.2, 0.25) is 0 Å². The van der Waals surface area contributed by atoms with Gasteiger partial charge in [-0.3, -0.25) is 4.79 Å². The number of benzene rings is 1. The first-order valence-corrected chi connectivity index (χ1v) is 11.1. The summed E-state index contributed by atoms with van der Waals surface area (Å²) in [6, 6.07) is 7.56. The monoisotopic (exact) mass is 510 g/mol. The maximum Gasteiger partial charge on any atom is 0.328 e. The van der Waals surface area contributed by atoms with Crippen LogP contribution in [0.1, 0.15) is 29.6 Å². The zero-order valence-corrected chi connectivity index (χ0v) is 19.9. The van der Waals surface area contributed by atoms with Crippen LogP contribution in [-0.4, -0.2) is 83.8 Å². The molecule has 32 heavy (non-hydrogen) atoms. The first kappa shape index (κ1) is 27.5. The molecule has 0 atom stereocenters. The number of nitrogens with zero attached hydrogens (tertiary/aromatic N) is 2. The van der Waals surface area contributed by atoms with Gasteiger partial charge >= 0.3 is 11.9 Å². The summed E-state index contributed by atoms with van der Waals surface area (Å²) in [6.45, 7) is 8.01. The number of aliphatic carboxylic acids is 2. The van der Waals surface area contributed by atoms with Gasteiger partial charge < -0.3 is 24.7 Å². The maximum atomic E-state index is 12.5. The van der Waals surface area contributed by atoms with E-state index in [4.69, 9.17) is 14.9 Å². The Hall–Kier alpha value is -2.49. The fourth-order valence-corrected chi connectivity index (χ4v) is 3.30. The Kier molecular flexibility index (Phi) is 13.2. The topological polar surface area (TPSA) is 107 Å². The van der Waals surface area contributed by atoms with E-state index in [9.17, 15) is 14.4 Å². The third-order valence-corrected chi connectivity index (χ3v) is 5.20. The molecule has 0 unspecified atom stereocenters. The van der Waals surface area contributed by atoms with Gasteiger partial charge in [0, 0.05) is 55.0 Å². The predicted octanol–water partition coefficient (Wildman–Crippen LogP) is 3.29. The van der Waals surface area contributed by atoms with Crippen LogP contribution >= 0.6 is 15.9 Å². The highest BCUT2D eigenvalue weighted by molar-refractivity contribution is 9.10. The summed E-state index contributed by atoms with van der Waals surface area (Å²) < 4.78 is 6.95. The second-order valence-electron chi connectivity index (χ2n) is 7.28. The lowest BCUT2D eigenvalue weighted by molar-refractivity contribution is -0.134. The summed E-state index contributed by atoms with van der Waals surface area (Å²) in [4.78, 5) is 35.7. The number of carboxylic acids is 2. The molecule has 9 heteroatoms. The number of hydrogen-bond donors (Lipinski definition) is 2. The molecular formula is C23H31BrN2O6. The third kappa shape index (κ3) is 11.8. The van der Waals surface area contributed by atoms with E-state index in [1.807, 2.05) is 35.2 Å². The Bertz CT molecular complexity index is 757. The summed E-state index contributed by atoms with van der Waals surface area (Å²) in [5.41, 5.74) is 0.753. The first-order valence-electron chi connectivity index (χ1n) is 10.3. The molecule has 1 aromatic carbocycles. The first-order chi connectivity index (χ1) is 15.2. The van der Waals surface area contributed by atoms with Crippen LogP contribution in [0.4, 0.5) is 0 Å². The molecule has 176 valence electrons. The van der Waals surface area contributed by atoms with Crippen molar-refractivity contribution in [3.8, 4) is 0 Å². The molecule has 1 fully saturated rings. The number of carboxylic acid groups (broad SMARTS) is 2. The average molecular weight is 511 g/mol. The summed E-state index contributed by atoms with van der Waals surface area (Å²) in [6.07, 6.45) is 6.19. The van der Waals surface area contributed by atoms with Crippen molar-refractivity contribution >= 4 is 33.8 Å². The molecule has 1 aliphatic heterocycles. The zero-order chi connectivity index (χ0) is 23.9. The number of likely N-dealkylation sites (N-methyl/N-ethyl adjacent to an activating group) is 1. The molecule has 0 saturated carbocycles. The van der Waals surface area contributed by atoms with E-state index in [0.717, 1.165) is 62.1 Å². The van der Waals surface area contributed by atoms with Crippen molar-refractivity contribution in [2.75, 3.05) is 39.8 Å². The minimum absolute atomic E-state index is 0.118. The van der Waals surface area contributed by atoms with E-state index < -0.39 is 11.9 Å². The maximum absolute atomic E-state index is 12.5. The number of likely N-dealkylation sites (tertiary alicyclic amines) is 1. The van der Waals surface area contributed by atoms with Crippen LogP contribution in [-0.2, 0) is 14.3 Å². The van der Waals surface area contributed by atoms with Gasteiger partial charge in [0.25, 0.3) is 5.91 Å². The second-order valence-corrected chi connectivity index (χ2v) is 8.20. The van der Waals surface area contributed by atoms with Gasteiger partial charge in [0.15, 0.2) is 0 Å². The van der Waals surface area contributed by atoms with Crippen LogP contribution in [0.15, 0.2) is 53.5 Å². The largest absolute Gasteiger partial charge is 0.478 e. The summed E-state index contributed by atoms with van der Waals surface area (Å²) in [5.74, 6) is -2.40. The molecule has 1 aromatic rings. The highest BCUT2D eigenvalue weighted by atomic mass is 79.9. The number of carbonyl (C=O) groups excluding carboxylic acids is 1. The average Bonchev–Trinajstić information content (AvgIpc) is 2.76. The third-order valence-electron chi connectivity index (χ3n) is 4.67. The fourth-order valence-electron chi connectivity index (χ4n) is 3.04. The van der Waals surface area contributed by atoms with Crippen molar-refractivity contribution in [3.63, 3.8) is 0 Å². The molecule has 1 aliphatic rings. The van der Waals surface area contributed by atoms with Gasteiger partial charge in [0.1, 0.15) is 0 Å². The highest BCUT2D eigenvalue weighted by Crippen LogP contribution is 2.18. The van der Waals surface area contributed by atoms with Crippen molar-refractivity contribution in [2.45, 2.75) is 25.4 Å². The second kappa shape index (κ2) is 15.3. The standard InChI is InChI=1S/C19H27BrN2O2.C4H4O4/c1-3-11-21(2)12-4-15-24-18-9-13-22(14-10-18)19(23)16-5-7-17(20)8-6-16;5-3(6)1-2-4(7)8/h3,5-8,18H,1,4,9-15H2,2H3;1-2H,(H,5,6)(H,7,8). The van der Waals surface area contributed by atoms with E-state index in [1.54, 1.807) is 0 Å². The number of piperidine rings is 1. The quantitative estimate of drug-likeness (QED) is 0.282. The Morgan fingerprint density at radius 1 is 1.16 bits per heavy atom. The van der Waals surface area contributed by atoms with E-state index >= 15 is 0 Å². The zero-order valence-electron chi connectivity index (χ0n) is 18.3. The molecule has 2 rings (SSSR count). The van der Waals surface area contributed by atoms with Gasteiger partial charge in [-0.25, -0.2) is 9.59 Å². The summed E-state index contributed by atoms with van der Waals surface area (Å²) >= 11 is 3.40. The number of hydrogen-bond acceptors (Lipinski definition) is 5. The summed E-state index contributed by atoms with van der Waals surface area (Å²) in [7, 11) is 2.09. The predicted molar refractivity (Wildman–Crippen MR) is 126 cm³/mol. The van der Waals surface area contributed by atoms with Crippen LogP contribution in [0, 0.1) is 0 Å². The number of ether oxygens (including phenoxy) is 1. The van der Waals surface area contributed by atoms with E-state index in [1.165, 1.54) is 0 Å². The lowest BCUT2D eigenvalue weighted by Gasteiger charge is -2.32. The van der Waals surface area contributed by atoms with Crippen LogP contribution in [0.2, 0.25) is 0 Å². The van der Waals surface area contributed by atoms with Crippen LogP contribution < -0.4 is 0 Å². The van der Waals surface area contributed by atoms with Crippen molar-refractivity contribution in [1.82, 2.24) is 9.80 Å². The molecule has 8 nitrogen and oxygen atoms in total. The van der Waals surface area contributed by atoms with Crippen molar-refractivity contribution in [3.05, 3.63) is 59.1 Å². The van der Waals surface area contributed by atoms with Crippen LogP contribution in [0.25, 0.3) is 0 Å². The van der Waals surface area contributed by atoms with Gasteiger partial charge in [-0.1, -0.05) is 22.0 Å². The van der Waals surface area contributed by atoms with E-state index in [0.29, 0.717) is 12.2 Å². The highest BCUT2D eigenvalue weighted by Gasteiger charge is 2.23. The van der Waals surface area contributed by atoms with Crippen molar-refractivity contribution in [2.24, 2.45) is 0 Å². The number of halogens is 1. The Balaban J connectivity index is 0.000000547. The molecule has 0 aromatic heterocycles. The van der Waals surface area contributed by atoms with Crippen LogP contribution in [0.5, 0.6) is 0 Å². The molecule has 1 heterocycles. The Morgan fingerprint density at radius 3 is 2.22 bits per heavy atom. The summed E-state index contributed by atoms with van der Waals surface area (Å²) in [5, 5.41) is 15.6. The number of carbonyl (C=O) groups is 3. The van der Waals surface area contributed by atoms with Crippen molar-refractivity contribution < 1.29 is 29.3 Å².